The lowest BCUT2D eigenvalue weighted by Gasteiger charge is -2.10. The molecule has 1 atom stereocenters. The summed E-state index contributed by atoms with van der Waals surface area (Å²) < 4.78 is 0. The van der Waals surface area contributed by atoms with Crippen LogP contribution in [0.15, 0.2) is 18.3 Å². The number of nitrogens with two attached hydrogens (primary N) is 1. The van der Waals surface area contributed by atoms with Gasteiger partial charge in [0, 0.05) is 24.4 Å². The summed E-state index contributed by atoms with van der Waals surface area (Å²) in [5, 5.41) is 0. The van der Waals surface area contributed by atoms with Crippen LogP contribution < -0.4 is 5.73 Å². The summed E-state index contributed by atoms with van der Waals surface area (Å²) in [6, 6.07) is 4.47. The first-order valence-corrected chi connectivity index (χ1v) is 6.89. The standard InChI is InChI=1S/C15H26N2/c1-3-4-5-6-7-8-14(16)11-15-10-9-13(2)12-17-15/h9-10,12,14H,3-8,11,16H2,1-2H3. The van der Waals surface area contributed by atoms with Crippen molar-refractivity contribution in [3.8, 4) is 0 Å². The van der Waals surface area contributed by atoms with Crippen molar-refractivity contribution in [3.05, 3.63) is 29.6 Å². The highest BCUT2D eigenvalue weighted by Gasteiger charge is 2.04. The molecule has 2 nitrogen and oxygen atoms in total. The smallest absolute Gasteiger partial charge is 0.0419 e. The van der Waals surface area contributed by atoms with Crippen LogP contribution in [0.1, 0.15) is 56.7 Å². The monoisotopic (exact) mass is 234 g/mol. The van der Waals surface area contributed by atoms with E-state index in [2.05, 4.69) is 31.0 Å². The summed E-state index contributed by atoms with van der Waals surface area (Å²) in [6.07, 6.45) is 10.5. The maximum absolute atomic E-state index is 6.12. The van der Waals surface area contributed by atoms with E-state index in [1.807, 2.05) is 6.20 Å². The molecule has 1 aromatic heterocycles. The van der Waals surface area contributed by atoms with E-state index in [-0.39, 0.29) is 6.04 Å². The Morgan fingerprint density at radius 3 is 2.59 bits per heavy atom. The van der Waals surface area contributed by atoms with Crippen molar-refractivity contribution < 1.29 is 0 Å². The van der Waals surface area contributed by atoms with Gasteiger partial charge in [0.25, 0.3) is 0 Å². The van der Waals surface area contributed by atoms with Gasteiger partial charge in [-0.1, -0.05) is 45.1 Å². The summed E-state index contributed by atoms with van der Waals surface area (Å²) in [4.78, 5) is 4.40. The van der Waals surface area contributed by atoms with Crippen LogP contribution in [0.25, 0.3) is 0 Å². The molecule has 0 amide bonds. The molecule has 1 aromatic rings. The van der Waals surface area contributed by atoms with E-state index in [1.165, 1.54) is 37.7 Å². The first kappa shape index (κ1) is 14.2. The Bertz CT molecular complexity index is 292. The quantitative estimate of drug-likeness (QED) is 0.698. The molecular formula is C15H26N2. The molecule has 1 heterocycles. The number of nitrogens with zero attached hydrogens (tertiary/aromatic N) is 1. The molecular weight excluding hydrogens is 208 g/mol. The number of hydrogen-bond acceptors (Lipinski definition) is 2. The van der Waals surface area contributed by atoms with Crippen LogP contribution in [0.3, 0.4) is 0 Å². The summed E-state index contributed by atoms with van der Waals surface area (Å²) >= 11 is 0. The largest absolute Gasteiger partial charge is 0.327 e. The van der Waals surface area contributed by atoms with Gasteiger partial charge in [0.15, 0.2) is 0 Å². The molecule has 1 unspecified atom stereocenters. The van der Waals surface area contributed by atoms with Crippen molar-refractivity contribution >= 4 is 0 Å². The highest BCUT2D eigenvalue weighted by molar-refractivity contribution is 5.12. The Hall–Kier alpha value is -0.890. The van der Waals surface area contributed by atoms with Crippen LogP contribution in [-0.2, 0) is 6.42 Å². The summed E-state index contributed by atoms with van der Waals surface area (Å²) in [5.41, 5.74) is 8.45. The number of hydrogen-bond donors (Lipinski definition) is 1. The van der Waals surface area contributed by atoms with E-state index in [1.54, 1.807) is 0 Å². The second-order valence-corrected chi connectivity index (χ2v) is 4.99. The van der Waals surface area contributed by atoms with Crippen molar-refractivity contribution in [2.75, 3.05) is 0 Å². The summed E-state index contributed by atoms with van der Waals surface area (Å²) in [5.74, 6) is 0. The number of aryl methyl sites for hydroxylation is 1. The van der Waals surface area contributed by atoms with Crippen LogP contribution in [0.4, 0.5) is 0 Å². The lowest BCUT2D eigenvalue weighted by atomic mass is 10.0. The number of pyridine rings is 1. The fraction of sp³-hybridized carbons (Fsp3) is 0.667. The van der Waals surface area contributed by atoms with E-state index in [0.29, 0.717) is 0 Å². The Morgan fingerprint density at radius 1 is 1.18 bits per heavy atom. The van der Waals surface area contributed by atoms with Crippen LogP contribution >= 0.6 is 0 Å². The zero-order chi connectivity index (χ0) is 12.5. The molecule has 96 valence electrons. The first-order valence-electron chi connectivity index (χ1n) is 6.89. The molecule has 2 N–H and O–H groups in total. The lowest BCUT2D eigenvalue weighted by Crippen LogP contribution is -2.23. The van der Waals surface area contributed by atoms with Gasteiger partial charge in [-0.15, -0.1) is 0 Å². The van der Waals surface area contributed by atoms with Crippen molar-refractivity contribution in [1.29, 1.82) is 0 Å². The molecule has 0 aliphatic heterocycles. The molecule has 0 aromatic carbocycles. The van der Waals surface area contributed by atoms with Crippen LogP contribution in [0.2, 0.25) is 0 Å². The maximum atomic E-state index is 6.12. The second-order valence-electron chi connectivity index (χ2n) is 4.99. The van der Waals surface area contributed by atoms with E-state index in [4.69, 9.17) is 5.73 Å². The Kier molecular flexibility index (Phi) is 6.87. The molecule has 2 heteroatoms. The minimum absolute atomic E-state index is 0.270. The number of unbranched alkanes of at least 4 members (excludes halogenated alkanes) is 4. The minimum Gasteiger partial charge on any atom is -0.327 e. The molecule has 0 aliphatic rings. The Balaban J connectivity index is 2.16. The fourth-order valence-electron chi connectivity index (χ4n) is 2.00. The van der Waals surface area contributed by atoms with E-state index in [9.17, 15) is 0 Å². The van der Waals surface area contributed by atoms with Crippen molar-refractivity contribution in [3.63, 3.8) is 0 Å². The summed E-state index contributed by atoms with van der Waals surface area (Å²) in [6.45, 7) is 4.30. The van der Waals surface area contributed by atoms with E-state index >= 15 is 0 Å². The predicted octanol–water partition coefficient (Wildman–Crippen LogP) is 3.62. The third-order valence-electron chi connectivity index (χ3n) is 3.12. The van der Waals surface area contributed by atoms with Crippen molar-refractivity contribution in [1.82, 2.24) is 4.98 Å². The predicted molar refractivity (Wildman–Crippen MR) is 74.0 cm³/mol. The van der Waals surface area contributed by atoms with Gasteiger partial charge in [0.05, 0.1) is 0 Å². The molecule has 0 bridgehead atoms. The Labute approximate surface area is 106 Å². The highest BCUT2D eigenvalue weighted by Crippen LogP contribution is 2.09. The topological polar surface area (TPSA) is 38.9 Å². The molecule has 0 radical (unpaired) electrons. The van der Waals surface area contributed by atoms with Gasteiger partial charge < -0.3 is 5.73 Å². The third kappa shape index (κ3) is 6.42. The second kappa shape index (κ2) is 8.24. The van der Waals surface area contributed by atoms with Crippen LogP contribution in [-0.4, -0.2) is 11.0 Å². The molecule has 1 rings (SSSR count). The van der Waals surface area contributed by atoms with Crippen molar-refractivity contribution in [2.45, 2.75) is 64.8 Å². The SMILES string of the molecule is CCCCCCCC(N)Cc1ccc(C)cn1. The van der Waals surface area contributed by atoms with Gasteiger partial charge in [-0.2, -0.15) is 0 Å². The number of rotatable bonds is 8. The normalized spacial score (nSPS) is 12.6. The minimum atomic E-state index is 0.270. The van der Waals surface area contributed by atoms with Crippen LogP contribution in [0.5, 0.6) is 0 Å². The van der Waals surface area contributed by atoms with E-state index in [0.717, 1.165) is 18.5 Å². The van der Waals surface area contributed by atoms with E-state index < -0.39 is 0 Å². The zero-order valence-corrected chi connectivity index (χ0v) is 11.3. The zero-order valence-electron chi connectivity index (χ0n) is 11.3. The Morgan fingerprint density at radius 2 is 1.94 bits per heavy atom. The van der Waals surface area contributed by atoms with Crippen LogP contribution in [0, 0.1) is 6.92 Å². The first-order chi connectivity index (χ1) is 8.22. The molecule has 0 aliphatic carbocycles. The molecule has 17 heavy (non-hydrogen) atoms. The van der Waals surface area contributed by atoms with Gasteiger partial charge >= 0.3 is 0 Å². The average molecular weight is 234 g/mol. The van der Waals surface area contributed by atoms with Gasteiger partial charge in [-0.3, -0.25) is 4.98 Å². The molecule has 0 saturated heterocycles. The van der Waals surface area contributed by atoms with Crippen molar-refractivity contribution in [2.24, 2.45) is 5.73 Å². The van der Waals surface area contributed by atoms with Gasteiger partial charge in [0.1, 0.15) is 0 Å². The number of aromatic nitrogens is 1. The lowest BCUT2D eigenvalue weighted by molar-refractivity contribution is 0.535. The summed E-state index contributed by atoms with van der Waals surface area (Å²) in [7, 11) is 0. The van der Waals surface area contributed by atoms with Gasteiger partial charge in [-0.05, 0) is 25.0 Å². The maximum Gasteiger partial charge on any atom is 0.0419 e. The molecule has 0 fully saturated rings. The van der Waals surface area contributed by atoms with Gasteiger partial charge in [-0.25, -0.2) is 0 Å². The molecule has 0 saturated carbocycles. The average Bonchev–Trinajstić information content (AvgIpc) is 2.32. The van der Waals surface area contributed by atoms with Gasteiger partial charge in [0.2, 0.25) is 0 Å². The highest BCUT2D eigenvalue weighted by atomic mass is 14.7. The molecule has 0 spiro atoms. The fourth-order valence-corrected chi connectivity index (χ4v) is 2.00. The third-order valence-corrected chi connectivity index (χ3v) is 3.12.